The normalized spacial score (nSPS) is 31.1. The van der Waals surface area contributed by atoms with E-state index in [0.29, 0.717) is 12.5 Å². The summed E-state index contributed by atoms with van der Waals surface area (Å²) in [7, 11) is 0. The van der Waals surface area contributed by atoms with E-state index in [0.717, 1.165) is 19.5 Å². The molecule has 2 rings (SSSR count). The molecule has 2 amide bonds. The molecule has 2 heterocycles. The highest BCUT2D eigenvalue weighted by atomic mass is 16.5. The standard InChI is InChI=1S/C11H18N2O3/c1-8-3-2-4-13(5-8)11(15)9-6-16-7-10(14)12-9/h8-9H,2-7H2,1H3,(H,12,14). The first-order valence-corrected chi connectivity index (χ1v) is 5.82. The van der Waals surface area contributed by atoms with Crippen LogP contribution < -0.4 is 5.32 Å². The molecule has 16 heavy (non-hydrogen) atoms. The van der Waals surface area contributed by atoms with Crippen molar-refractivity contribution in [2.45, 2.75) is 25.8 Å². The van der Waals surface area contributed by atoms with E-state index in [-0.39, 0.29) is 18.4 Å². The molecule has 0 saturated carbocycles. The lowest BCUT2D eigenvalue weighted by molar-refractivity contribution is -0.145. The van der Waals surface area contributed by atoms with Crippen LogP contribution in [0.25, 0.3) is 0 Å². The van der Waals surface area contributed by atoms with Gasteiger partial charge in [-0.05, 0) is 18.8 Å². The minimum Gasteiger partial charge on any atom is -0.369 e. The molecule has 2 fully saturated rings. The summed E-state index contributed by atoms with van der Waals surface area (Å²) in [6.07, 6.45) is 2.23. The topological polar surface area (TPSA) is 58.6 Å². The summed E-state index contributed by atoms with van der Waals surface area (Å²) in [4.78, 5) is 25.0. The van der Waals surface area contributed by atoms with Crippen LogP contribution in [0, 0.1) is 5.92 Å². The predicted octanol–water partition coefficient (Wildman–Crippen LogP) is -0.240. The highest BCUT2D eigenvalue weighted by Gasteiger charge is 2.31. The van der Waals surface area contributed by atoms with Crippen LogP contribution in [0.5, 0.6) is 0 Å². The van der Waals surface area contributed by atoms with E-state index < -0.39 is 6.04 Å². The van der Waals surface area contributed by atoms with Gasteiger partial charge in [0, 0.05) is 13.1 Å². The molecule has 2 saturated heterocycles. The number of hydrogen-bond acceptors (Lipinski definition) is 3. The second-order valence-corrected chi connectivity index (χ2v) is 4.67. The molecule has 2 atom stereocenters. The lowest BCUT2D eigenvalue weighted by atomic mass is 9.99. The van der Waals surface area contributed by atoms with Crippen molar-refractivity contribution < 1.29 is 14.3 Å². The van der Waals surface area contributed by atoms with Gasteiger partial charge in [0.1, 0.15) is 12.6 Å². The average Bonchev–Trinajstić information content (AvgIpc) is 2.28. The van der Waals surface area contributed by atoms with Gasteiger partial charge >= 0.3 is 0 Å². The summed E-state index contributed by atoms with van der Waals surface area (Å²) in [5, 5.41) is 2.67. The molecule has 2 aliphatic rings. The van der Waals surface area contributed by atoms with Crippen molar-refractivity contribution in [1.29, 1.82) is 0 Å². The summed E-state index contributed by atoms with van der Waals surface area (Å²) in [6.45, 7) is 4.12. The van der Waals surface area contributed by atoms with E-state index >= 15 is 0 Å². The molecular weight excluding hydrogens is 208 g/mol. The largest absolute Gasteiger partial charge is 0.369 e. The number of carbonyl (C=O) groups is 2. The molecule has 2 aliphatic heterocycles. The number of likely N-dealkylation sites (tertiary alicyclic amines) is 1. The Balaban J connectivity index is 1.92. The first-order valence-electron chi connectivity index (χ1n) is 5.82. The molecular formula is C11H18N2O3. The highest BCUT2D eigenvalue weighted by Crippen LogP contribution is 2.16. The fourth-order valence-electron chi connectivity index (χ4n) is 2.29. The molecule has 0 spiro atoms. The first-order chi connectivity index (χ1) is 7.66. The molecule has 5 heteroatoms. The summed E-state index contributed by atoms with van der Waals surface area (Å²) in [5.74, 6) is 0.354. The van der Waals surface area contributed by atoms with Crippen molar-refractivity contribution in [3.8, 4) is 0 Å². The average molecular weight is 226 g/mol. The fourth-order valence-corrected chi connectivity index (χ4v) is 2.29. The Hall–Kier alpha value is -1.10. The van der Waals surface area contributed by atoms with Crippen LogP contribution >= 0.6 is 0 Å². The summed E-state index contributed by atoms with van der Waals surface area (Å²) in [6, 6.07) is -0.480. The van der Waals surface area contributed by atoms with Crippen LogP contribution in [0.2, 0.25) is 0 Å². The van der Waals surface area contributed by atoms with Crippen LogP contribution in [0.3, 0.4) is 0 Å². The van der Waals surface area contributed by atoms with Crippen LogP contribution in [0.1, 0.15) is 19.8 Å². The number of piperidine rings is 1. The van der Waals surface area contributed by atoms with E-state index in [2.05, 4.69) is 12.2 Å². The van der Waals surface area contributed by atoms with Crippen molar-refractivity contribution in [3.63, 3.8) is 0 Å². The van der Waals surface area contributed by atoms with Gasteiger partial charge in [0.25, 0.3) is 0 Å². The third-order valence-electron chi connectivity index (χ3n) is 3.12. The fraction of sp³-hybridized carbons (Fsp3) is 0.818. The van der Waals surface area contributed by atoms with Crippen molar-refractivity contribution in [2.24, 2.45) is 5.92 Å². The molecule has 0 aliphatic carbocycles. The van der Waals surface area contributed by atoms with Crippen LogP contribution in [0.15, 0.2) is 0 Å². The van der Waals surface area contributed by atoms with Gasteiger partial charge in [-0.2, -0.15) is 0 Å². The van der Waals surface area contributed by atoms with Crippen LogP contribution in [-0.4, -0.2) is 49.1 Å². The third-order valence-corrected chi connectivity index (χ3v) is 3.12. The maximum absolute atomic E-state index is 12.1. The lowest BCUT2D eigenvalue weighted by Gasteiger charge is -2.34. The second kappa shape index (κ2) is 4.82. The molecule has 0 aromatic heterocycles. The lowest BCUT2D eigenvalue weighted by Crippen LogP contribution is -2.56. The Bertz CT molecular complexity index is 293. The van der Waals surface area contributed by atoms with Crippen LogP contribution in [0.4, 0.5) is 0 Å². The van der Waals surface area contributed by atoms with Gasteiger partial charge in [-0.25, -0.2) is 0 Å². The minimum absolute atomic E-state index is 0.000370. The number of amides is 2. The maximum atomic E-state index is 12.1. The van der Waals surface area contributed by atoms with E-state index in [9.17, 15) is 9.59 Å². The number of ether oxygens (including phenoxy) is 1. The Morgan fingerprint density at radius 2 is 2.38 bits per heavy atom. The number of carbonyl (C=O) groups excluding carboxylic acids is 2. The smallest absolute Gasteiger partial charge is 0.247 e. The number of nitrogens with one attached hydrogen (secondary N) is 1. The Morgan fingerprint density at radius 1 is 1.56 bits per heavy atom. The summed E-state index contributed by atoms with van der Waals surface area (Å²) >= 11 is 0. The molecule has 90 valence electrons. The van der Waals surface area contributed by atoms with Gasteiger partial charge < -0.3 is 15.0 Å². The molecule has 0 radical (unpaired) electrons. The highest BCUT2D eigenvalue weighted by molar-refractivity contribution is 5.89. The quantitative estimate of drug-likeness (QED) is 0.671. The number of nitrogens with zero attached hydrogens (tertiary/aromatic N) is 1. The van der Waals surface area contributed by atoms with Gasteiger partial charge in [-0.1, -0.05) is 6.92 Å². The van der Waals surface area contributed by atoms with Crippen molar-refractivity contribution in [3.05, 3.63) is 0 Å². The zero-order valence-electron chi connectivity index (χ0n) is 9.57. The Morgan fingerprint density at radius 3 is 3.06 bits per heavy atom. The Labute approximate surface area is 95.1 Å². The number of hydrogen-bond donors (Lipinski definition) is 1. The van der Waals surface area contributed by atoms with E-state index in [1.54, 1.807) is 0 Å². The molecule has 1 N–H and O–H groups in total. The zero-order valence-corrected chi connectivity index (χ0v) is 9.57. The van der Waals surface area contributed by atoms with E-state index in [4.69, 9.17) is 4.74 Å². The van der Waals surface area contributed by atoms with Crippen LogP contribution in [-0.2, 0) is 14.3 Å². The minimum atomic E-state index is -0.480. The van der Waals surface area contributed by atoms with Gasteiger partial charge in [-0.3, -0.25) is 9.59 Å². The number of morpholine rings is 1. The number of rotatable bonds is 1. The zero-order chi connectivity index (χ0) is 11.5. The van der Waals surface area contributed by atoms with E-state index in [1.165, 1.54) is 6.42 Å². The van der Waals surface area contributed by atoms with Gasteiger partial charge in [-0.15, -0.1) is 0 Å². The molecule has 0 aromatic carbocycles. The molecule has 5 nitrogen and oxygen atoms in total. The van der Waals surface area contributed by atoms with Crippen molar-refractivity contribution in [2.75, 3.05) is 26.3 Å². The Kier molecular flexibility index (Phi) is 3.43. The van der Waals surface area contributed by atoms with Crippen molar-refractivity contribution in [1.82, 2.24) is 10.2 Å². The monoisotopic (exact) mass is 226 g/mol. The van der Waals surface area contributed by atoms with Crippen molar-refractivity contribution >= 4 is 11.8 Å². The maximum Gasteiger partial charge on any atom is 0.247 e. The van der Waals surface area contributed by atoms with Gasteiger partial charge in [0.05, 0.1) is 6.61 Å². The first kappa shape index (κ1) is 11.4. The third kappa shape index (κ3) is 2.52. The van der Waals surface area contributed by atoms with Gasteiger partial charge in [0.15, 0.2) is 0 Å². The molecule has 0 bridgehead atoms. The summed E-state index contributed by atoms with van der Waals surface area (Å²) in [5.41, 5.74) is 0. The van der Waals surface area contributed by atoms with Gasteiger partial charge in [0.2, 0.25) is 11.8 Å². The molecule has 0 aromatic rings. The van der Waals surface area contributed by atoms with E-state index in [1.807, 2.05) is 4.90 Å². The predicted molar refractivity (Wildman–Crippen MR) is 57.7 cm³/mol. The second-order valence-electron chi connectivity index (χ2n) is 4.67. The summed E-state index contributed by atoms with van der Waals surface area (Å²) < 4.78 is 5.07. The SMILES string of the molecule is CC1CCCN(C(=O)C2COCC(=O)N2)C1. The molecule has 2 unspecified atom stereocenters.